The Morgan fingerprint density at radius 1 is 0.958 bits per heavy atom. The van der Waals surface area contributed by atoms with Crippen LogP contribution in [0.1, 0.15) is 34.1 Å². The zero-order valence-electron chi connectivity index (χ0n) is 12.9. The van der Waals surface area contributed by atoms with E-state index in [0.29, 0.717) is 0 Å². The van der Waals surface area contributed by atoms with Crippen LogP contribution in [0.25, 0.3) is 0 Å². The van der Waals surface area contributed by atoms with E-state index in [1.807, 2.05) is 6.92 Å². The lowest BCUT2D eigenvalue weighted by Crippen LogP contribution is -2.57. The highest BCUT2D eigenvalue weighted by Gasteiger charge is 2.55. The van der Waals surface area contributed by atoms with Crippen molar-refractivity contribution < 1.29 is 19.2 Å². The predicted molar refractivity (Wildman–Crippen MR) is 83.6 cm³/mol. The molecule has 0 bridgehead atoms. The van der Waals surface area contributed by atoms with Gasteiger partial charge in [-0.05, 0) is 42.4 Å². The van der Waals surface area contributed by atoms with Crippen LogP contribution in [0.4, 0.5) is 0 Å². The summed E-state index contributed by atoms with van der Waals surface area (Å²) in [6.45, 7) is 1.86. The van der Waals surface area contributed by atoms with Gasteiger partial charge in [0.05, 0.1) is 11.1 Å². The molecule has 6 nitrogen and oxygen atoms in total. The number of hydrogen-bond donors (Lipinski definition) is 0. The van der Waals surface area contributed by atoms with Gasteiger partial charge in [0, 0.05) is 6.42 Å². The molecule has 1 spiro atoms. The largest absolute Gasteiger partial charge is 0.290 e. The summed E-state index contributed by atoms with van der Waals surface area (Å²) in [6.07, 6.45) is 6.15. The van der Waals surface area contributed by atoms with E-state index in [1.165, 1.54) is 17.2 Å². The topological polar surface area (TPSA) is 74.8 Å². The van der Waals surface area contributed by atoms with Crippen LogP contribution in [0.3, 0.4) is 0 Å². The third-order valence-electron chi connectivity index (χ3n) is 4.88. The average molecular weight is 322 g/mol. The summed E-state index contributed by atoms with van der Waals surface area (Å²) >= 11 is 0. The fraction of sp³-hybridized carbons (Fsp3) is 0.222. The second-order valence-electron chi connectivity index (χ2n) is 6.23. The third-order valence-corrected chi connectivity index (χ3v) is 4.88. The van der Waals surface area contributed by atoms with Crippen LogP contribution in [-0.2, 0) is 9.59 Å². The van der Waals surface area contributed by atoms with Gasteiger partial charge >= 0.3 is 0 Å². The van der Waals surface area contributed by atoms with Crippen LogP contribution in [0.15, 0.2) is 48.6 Å². The molecule has 1 aromatic rings. The molecule has 0 aromatic heterocycles. The molecule has 1 unspecified atom stereocenters. The van der Waals surface area contributed by atoms with Crippen molar-refractivity contribution >= 4 is 23.5 Å². The first-order valence-electron chi connectivity index (χ1n) is 7.69. The molecule has 0 saturated carbocycles. The molecule has 6 heteroatoms. The molecule has 120 valence electrons. The van der Waals surface area contributed by atoms with Gasteiger partial charge < -0.3 is 0 Å². The first kappa shape index (κ1) is 14.6. The zero-order chi connectivity index (χ0) is 17.1. The number of fused-ring (bicyclic) bond motifs is 1. The number of carbonyl (C=O) groups excluding carboxylic acids is 4. The molecule has 3 amide bonds. The van der Waals surface area contributed by atoms with Gasteiger partial charge in [0.2, 0.25) is 5.91 Å². The minimum Gasteiger partial charge on any atom is -0.290 e. The second kappa shape index (κ2) is 4.74. The van der Waals surface area contributed by atoms with E-state index < -0.39 is 17.4 Å². The number of hydrogen-bond acceptors (Lipinski definition) is 4. The van der Waals surface area contributed by atoms with Gasteiger partial charge in [-0.15, -0.1) is 0 Å². The van der Waals surface area contributed by atoms with Gasteiger partial charge in [-0.3, -0.25) is 19.2 Å². The summed E-state index contributed by atoms with van der Waals surface area (Å²) in [5.74, 6) is -1.71. The standard InChI is InChI=1S/C18H14N2O4/c1-11-10-15(22)20(18(11)8-6-12(21)7-9-18)19-16(23)13-4-2-3-5-14(13)17(19)24/h2-9,11H,10H2,1H3. The molecular formula is C18H14N2O4. The predicted octanol–water partition coefficient (Wildman–Crippen LogP) is 1.50. The molecule has 1 atom stereocenters. The summed E-state index contributed by atoms with van der Waals surface area (Å²) in [6, 6.07) is 6.50. The van der Waals surface area contributed by atoms with Gasteiger partial charge in [-0.2, -0.15) is 5.01 Å². The number of benzene rings is 1. The number of allylic oxidation sites excluding steroid dienone is 2. The van der Waals surface area contributed by atoms with E-state index in [9.17, 15) is 19.2 Å². The van der Waals surface area contributed by atoms with Gasteiger partial charge in [-0.1, -0.05) is 19.1 Å². The van der Waals surface area contributed by atoms with Crippen molar-refractivity contribution in [1.82, 2.24) is 10.0 Å². The highest BCUT2D eigenvalue weighted by atomic mass is 16.2. The molecule has 1 saturated heterocycles. The summed E-state index contributed by atoms with van der Waals surface area (Å²) in [5.41, 5.74) is -0.409. The first-order valence-corrected chi connectivity index (χ1v) is 7.69. The van der Waals surface area contributed by atoms with Crippen LogP contribution in [0.5, 0.6) is 0 Å². The Bertz CT molecular complexity index is 817. The van der Waals surface area contributed by atoms with E-state index in [4.69, 9.17) is 0 Å². The summed E-state index contributed by atoms with van der Waals surface area (Å²) < 4.78 is 0. The summed E-state index contributed by atoms with van der Waals surface area (Å²) in [4.78, 5) is 49.6. The number of hydrazine groups is 1. The van der Waals surface area contributed by atoms with Crippen molar-refractivity contribution in [2.75, 3.05) is 0 Å². The molecule has 1 fully saturated rings. The van der Waals surface area contributed by atoms with E-state index in [2.05, 4.69) is 0 Å². The Balaban J connectivity index is 1.84. The van der Waals surface area contributed by atoms with Crippen LogP contribution in [-0.4, -0.2) is 39.1 Å². The number of carbonyl (C=O) groups is 4. The van der Waals surface area contributed by atoms with Crippen molar-refractivity contribution in [2.24, 2.45) is 5.92 Å². The van der Waals surface area contributed by atoms with Crippen molar-refractivity contribution in [3.05, 3.63) is 59.7 Å². The minimum absolute atomic E-state index is 0.171. The maximum Gasteiger partial charge on any atom is 0.280 e. The van der Waals surface area contributed by atoms with Gasteiger partial charge in [0.25, 0.3) is 11.8 Å². The second-order valence-corrected chi connectivity index (χ2v) is 6.23. The van der Waals surface area contributed by atoms with Gasteiger partial charge in [0.1, 0.15) is 5.54 Å². The van der Waals surface area contributed by atoms with Crippen molar-refractivity contribution in [1.29, 1.82) is 0 Å². The number of nitrogens with zero attached hydrogens (tertiary/aromatic N) is 2. The normalized spacial score (nSPS) is 24.5. The number of imide groups is 1. The Morgan fingerprint density at radius 2 is 1.50 bits per heavy atom. The summed E-state index contributed by atoms with van der Waals surface area (Å²) in [7, 11) is 0. The van der Waals surface area contributed by atoms with Crippen LogP contribution >= 0.6 is 0 Å². The fourth-order valence-electron chi connectivity index (χ4n) is 3.59. The lowest BCUT2D eigenvalue weighted by molar-refractivity contribution is -0.141. The first-order chi connectivity index (χ1) is 11.5. The Labute approximate surface area is 138 Å². The number of amides is 3. The smallest absolute Gasteiger partial charge is 0.280 e. The zero-order valence-corrected chi connectivity index (χ0v) is 12.9. The number of ketones is 1. The third kappa shape index (κ3) is 1.71. The maximum atomic E-state index is 12.7. The van der Waals surface area contributed by atoms with Crippen LogP contribution in [0.2, 0.25) is 0 Å². The SMILES string of the molecule is CC1CC(=O)N(N2C(=O)c3ccccc3C2=O)C12C=CC(=O)C=C2. The molecule has 3 aliphatic rings. The highest BCUT2D eigenvalue weighted by molar-refractivity contribution is 6.22. The molecule has 2 heterocycles. The van der Waals surface area contributed by atoms with E-state index in [0.717, 1.165) is 5.01 Å². The maximum absolute atomic E-state index is 12.7. The Kier molecular flexibility index (Phi) is 2.87. The van der Waals surface area contributed by atoms with Gasteiger partial charge in [0.15, 0.2) is 5.78 Å². The molecule has 0 N–H and O–H groups in total. The number of rotatable bonds is 1. The Hall–Kier alpha value is -3.02. The van der Waals surface area contributed by atoms with Gasteiger partial charge in [-0.25, -0.2) is 5.01 Å². The average Bonchev–Trinajstić information content (AvgIpc) is 2.95. The quantitative estimate of drug-likeness (QED) is 0.734. The molecular weight excluding hydrogens is 308 g/mol. The van der Waals surface area contributed by atoms with Crippen molar-refractivity contribution in [3.8, 4) is 0 Å². The van der Waals surface area contributed by atoms with Crippen molar-refractivity contribution in [2.45, 2.75) is 18.9 Å². The Morgan fingerprint density at radius 3 is 2.04 bits per heavy atom. The molecule has 2 aliphatic heterocycles. The molecule has 4 rings (SSSR count). The monoisotopic (exact) mass is 322 g/mol. The lowest BCUT2D eigenvalue weighted by atomic mass is 9.83. The molecule has 1 aliphatic carbocycles. The fourth-order valence-corrected chi connectivity index (χ4v) is 3.59. The van der Waals surface area contributed by atoms with E-state index in [1.54, 1.807) is 36.4 Å². The van der Waals surface area contributed by atoms with E-state index >= 15 is 0 Å². The summed E-state index contributed by atoms with van der Waals surface area (Å²) in [5, 5.41) is 2.13. The minimum atomic E-state index is -0.974. The van der Waals surface area contributed by atoms with Crippen molar-refractivity contribution in [3.63, 3.8) is 0 Å². The molecule has 24 heavy (non-hydrogen) atoms. The highest BCUT2D eigenvalue weighted by Crippen LogP contribution is 2.42. The molecule has 1 aromatic carbocycles. The van der Waals surface area contributed by atoms with Crippen LogP contribution < -0.4 is 0 Å². The molecule has 0 radical (unpaired) electrons. The van der Waals surface area contributed by atoms with E-state index in [-0.39, 0.29) is 35.2 Å². The lowest BCUT2D eigenvalue weighted by Gasteiger charge is -2.40. The van der Waals surface area contributed by atoms with Crippen LogP contribution in [0, 0.1) is 5.92 Å².